The first-order valence-corrected chi connectivity index (χ1v) is 6.80. The molecular formula is C14H25N3O. The number of rotatable bonds is 9. The molecule has 0 unspecified atom stereocenters. The van der Waals surface area contributed by atoms with Crippen LogP contribution in [0.4, 0.5) is 0 Å². The van der Waals surface area contributed by atoms with Crippen molar-refractivity contribution in [3.8, 4) is 5.75 Å². The van der Waals surface area contributed by atoms with E-state index in [1.165, 1.54) is 5.56 Å². The third-order valence-corrected chi connectivity index (χ3v) is 3.00. The van der Waals surface area contributed by atoms with Crippen LogP contribution in [0.1, 0.15) is 26.3 Å². The zero-order chi connectivity index (χ0) is 13.2. The maximum absolute atomic E-state index is 5.82. The van der Waals surface area contributed by atoms with E-state index in [2.05, 4.69) is 36.0 Å². The molecule has 1 rings (SSSR count). The van der Waals surface area contributed by atoms with E-state index in [9.17, 15) is 0 Å². The van der Waals surface area contributed by atoms with E-state index in [1.54, 1.807) is 6.20 Å². The fourth-order valence-corrected chi connectivity index (χ4v) is 1.77. The number of ether oxygens (including phenoxy) is 1. The average molecular weight is 251 g/mol. The smallest absolute Gasteiger partial charge is 0.142 e. The van der Waals surface area contributed by atoms with E-state index in [0.717, 1.165) is 38.5 Å². The van der Waals surface area contributed by atoms with Gasteiger partial charge in [-0.15, -0.1) is 0 Å². The standard InChI is InChI=1S/C14H25N3O/c1-4-15-11-13-7-8-16-12-14(13)18-10-9-17(5-2)6-3/h7-8,12,15H,4-6,9-11H2,1-3H3. The number of nitrogens with one attached hydrogen (secondary N) is 1. The molecule has 0 amide bonds. The number of likely N-dealkylation sites (N-methyl/N-ethyl adjacent to an activating group) is 1. The van der Waals surface area contributed by atoms with Crippen molar-refractivity contribution in [3.63, 3.8) is 0 Å². The highest BCUT2D eigenvalue weighted by atomic mass is 16.5. The average Bonchev–Trinajstić information content (AvgIpc) is 2.42. The van der Waals surface area contributed by atoms with Crippen LogP contribution in [0.15, 0.2) is 18.5 Å². The second-order valence-corrected chi connectivity index (χ2v) is 4.14. The molecule has 0 bridgehead atoms. The Kier molecular flexibility index (Phi) is 7.37. The van der Waals surface area contributed by atoms with E-state index in [0.29, 0.717) is 6.61 Å². The molecule has 1 heterocycles. The van der Waals surface area contributed by atoms with Crippen molar-refractivity contribution in [1.29, 1.82) is 0 Å². The van der Waals surface area contributed by atoms with Gasteiger partial charge in [0.1, 0.15) is 12.4 Å². The monoisotopic (exact) mass is 251 g/mol. The summed E-state index contributed by atoms with van der Waals surface area (Å²) >= 11 is 0. The summed E-state index contributed by atoms with van der Waals surface area (Å²) < 4.78 is 5.82. The SMILES string of the molecule is CCNCc1ccncc1OCCN(CC)CC. The molecule has 0 radical (unpaired) electrons. The maximum Gasteiger partial charge on any atom is 0.142 e. The van der Waals surface area contributed by atoms with Crippen LogP contribution in [0.25, 0.3) is 0 Å². The van der Waals surface area contributed by atoms with Gasteiger partial charge in [0.15, 0.2) is 0 Å². The Balaban J connectivity index is 2.45. The number of aromatic nitrogens is 1. The molecule has 0 aliphatic carbocycles. The number of hydrogen-bond acceptors (Lipinski definition) is 4. The van der Waals surface area contributed by atoms with Crippen LogP contribution in [-0.4, -0.2) is 42.7 Å². The van der Waals surface area contributed by atoms with Gasteiger partial charge in [0.25, 0.3) is 0 Å². The van der Waals surface area contributed by atoms with Gasteiger partial charge in [0.2, 0.25) is 0 Å². The van der Waals surface area contributed by atoms with Crippen molar-refractivity contribution in [3.05, 3.63) is 24.0 Å². The molecule has 0 fully saturated rings. The van der Waals surface area contributed by atoms with Gasteiger partial charge in [-0.05, 0) is 25.7 Å². The van der Waals surface area contributed by atoms with Crippen molar-refractivity contribution >= 4 is 0 Å². The summed E-state index contributed by atoms with van der Waals surface area (Å²) in [5.41, 5.74) is 1.17. The molecule has 4 nitrogen and oxygen atoms in total. The second-order valence-electron chi connectivity index (χ2n) is 4.14. The third-order valence-electron chi connectivity index (χ3n) is 3.00. The topological polar surface area (TPSA) is 37.4 Å². The lowest BCUT2D eigenvalue weighted by atomic mass is 10.2. The molecule has 102 valence electrons. The molecule has 1 aromatic heterocycles. The van der Waals surface area contributed by atoms with Gasteiger partial charge in [0.05, 0.1) is 6.20 Å². The van der Waals surface area contributed by atoms with Crippen molar-refractivity contribution < 1.29 is 4.74 Å². The summed E-state index contributed by atoms with van der Waals surface area (Å²) in [5, 5.41) is 3.31. The molecule has 0 aliphatic rings. The Morgan fingerprint density at radius 3 is 2.72 bits per heavy atom. The van der Waals surface area contributed by atoms with E-state index < -0.39 is 0 Å². The summed E-state index contributed by atoms with van der Waals surface area (Å²) in [7, 11) is 0. The Bertz CT molecular complexity index is 327. The molecule has 1 aromatic rings. The molecule has 4 heteroatoms. The Hall–Kier alpha value is -1.13. The van der Waals surface area contributed by atoms with Gasteiger partial charge in [-0.1, -0.05) is 20.8 Å². The molecule has 1 N–H and O–H groups in total. The van der Waals surface area contributed by atoms with Gasteiger partial charge in [0, 0.05) is 24.8 Å². The van der Waals surface area contributed by atoms with Gasteiger partial charge in [-0.3, -0.25) is 4.98 Å². The minimum Gasteiger partial charge on any atom is -0.490 e. The van der Waals surface area contributed by atoms with E-state index >= 15 is 0 Å². The summed E-state index contributed by atoms with van der Waals surface area (Å²) in [5.74, 6) is 0.894. The first-order chi connectivity index (χ1) is 8.81. The first kappa shape index (κ1) is 14.9. The lowest BCUT2D eigenvalue weighted by molar-refractivity contribution is 0.221. The van der Waals surface area contributed by atoms with Gasteiger partial charge < -0.3 is 15.0 Å². The molecule has 0 spiro atoms. The Labute approximate surface area is 110 Å². The highest BCUT2D eigenvalue weighted by Crippen LogP contribution is 2.15. The molecule has 18 heavy (non-hydrogen) atoms. The van der Waals surface area contributed by atoms with Crippen LogP contribution < -0.4 is 10.1 Å². The van der Waals surface area contributed by atoms with E-state index in [-0.39, 0.29) is 0 Å². The van der Waals surface area contributed by atoms with E-state index in [1.807, 2.05) is 12.3 Å². The predicted octanol–water partition coefficient (Wildman–Crippen LogP) is 1.91. The summed E-state index contributed by atoms with van der Waals surface area (Å²) in [6, 6.07) is 2.01. The Morgan fingerprint density at radius 2 is 2.06 bits per heavy atom. The van der Waals surface area contributed by atoms with Crippen LogP contribution in [0.3, 0.4) is 0 Å². The van der Waals surface area contributed by atoms with Crippen LogP contribution in [0.5, 0.6) is 5.75 Å². The predicted molar refractivity (Wildman–Crippen MR) is 74.9 cm³/mol. The fraction of sp³-hybridized carbons (Fsp3) is 0.643. The molecular weight excluding hydrogens is 226 g/mol. The van der Waals surface area contributed by atoms with Gasteiger partial charge >= 0.3 is 0 Å². The quantitative estimate of drug-likeness (QED) is 0.727. The van der Waals surface area contributed by atoms with Gasteiger partial charge in [-0.25, -0.2) is 0 Å². The summed E-state index contributed by atoms with van der Waals surface area (Å²) in [4.78, 5) is 6.47. The van der Waals surface area contributed by atoms with E-state index in [4.69, 9.17) is 4.74 Å². The zero-order valence-electron chi connectivity index (χ0n) is 11.8. The fourth-order valence-electron chi connectivity index (χ4n) is 1.77. The maximum atomic E-state index is 5.82. The summed E-state index contributed by atoms with van der Waals surface area (Å²) in [6.07, 6.45) is 3.61. The lowest BCUT2D eigenvalue weighted by Gasteiger charge is -2.18. The molecule has 0 saturated carbocycles. The van der Waals surface area contributed by atoms with Crippen LogP contribution in [-0.2, 0) is 6.54 Å². The zero-order valence-corrected chi connectivity index (χ0v) is 11.8. The highest BCUT2D eigenvalue weighted by Gasteiger charge is 2.04. The Morgan fingerprint density at radius 1 is 1.28 bits per heavy atom. The lowest BCUT2D eigenvalue weighted by Crippen LogP contribution is -2.28. The minimum absolute atomic E-state index is 0.715. The molecule has 0 saturated heterocycles. The first-order valence-electron chi connectivity index (χ1n) is 6.80. The molecule has 0 atom stereocenters. The largest absolute Gasteiger partial charge is 0.490 e. The highest BCUT2D eigenvalue weighted by molar-refractivity contribution is 5.29. The number of nitrogens with zero attached hydrogens (tertiary/aromatic N) is 2. The van der Waals surface area contributed by atoms with Crippen LogP contribution in [0.2, 0.25) is 0 Å². The number of hydrogen-bond donors (Lipinski definition) is 1. The van der Waals surface area contributed by atoms with Crippen molar-refractivity contribution in [2.45, 2.75) is 27.3 Å². The minimum atomic E-state index is 0.715. The normalized spacial score (nSPS) is 10.9. The van der Waals surface area contributed by atoms with Crippen molar-refractivity contribution in [2.75, 3.05) is 32.8 Å². The van der Waals surface area contributed by atoms with Crippen molar-refractivity contribution in [1.82, 2.24) is 15.2 Å². The number of pyridine rings is 1. The summed E-state index contributed by atoms with van der Waals surface area (Å²) in [6.45, 7) is 12.0. The molecule has 0 aromatic carbocycles. The third kappa shape index (κ3) is 5.02. The second kappa shape index (κ2) is 8.89. The van der Waals surface area contributed by atoms with Crippen LogP contribution >= 0.6 is 0 Å². The van der Waals surface area contributed by atoms with Crippen molar-refractivity contribution in [2.24, 2.45) is 0 Å². The molecule has 0 aliphatic heterocycles. The van der Waals surface area contributed by atoms with Gasteiger partial charge in [-0.2, -0.15) is 0 Å². The van der Waals surface area contributed by atoms with Crippen LogP contribution in [0, 0.1) is 0 Å².